The van der Waals surface area contributed by atoms with Gasteiger partial charge in [0.05, 0.1) is 29.3 Å². The number of imide groups is 2. The number of alkyl halides is 3. The Morgan fingerprint density at radius 2 is 1.84 bits per heavy atom. The molecule has 9 nitrogen and oxygen atoms in total. The minimum absolute atomic E-state index is 0.0131. The number of rotatable bonds is 0. The van der Waals surface area contributed by atoms with Crippen LogP contribution in [-0.4, -0.2) is 47.8 Å². The van der Waals surface area contributed by atoms with E-state index in [-0.39, 0.29) is 17.8 Å². The summed E-state index contributed by atoms with van der Waals surface area (Å²) in [5.41, 5.74) is -4.12. The van der Waals surface area contributed by atoms with Crippen LogP contribution in [0.1, 0.15) is 25.1 Å². The fourth-order valence-corrected chi connectivity index (χ4v) is 5.15. The van der Waals surface area contributed by atoms with Gasteiger partial charge in [-0.25, -0.2) is 9.18 Å². The molecule has 2 saturated heterocycles. The van der Waals surface area contributed by atoms with Crippen molar-refractivity contribution in [2.45, 2.75) is 44.7 Å². The molecule has 1 aromatic carbocycles. The largest absolute Gasteiger partial charge is 0.437 e. The van der Waals surface area contributed by atoms with Crippen molar-refractivity contribution in [1.82, 2.24) is 15.8 Å². The standard InChI is InChI=1S/C19H16F4N4O5/c1-6-5-27-11-8(3-9-12(10(11)20)32-26-13(9)19(21,22)23)4-18(14(27)7(2)31-6)15(28)24-17(30)25-16(18)29/h3,6-7,14H,4-5H2,1-2H3,(H2,24,25,28,29,30)/t6-,7+,14-/m1/s1. The van der Waals surface area contributed by atoms with E-state index in [9.17, 15) is 27.6 Å². The maximum absolute atomic E-state index is 15.6. The molecule has 3 atom stereocenters. The molecule has 0 aliphatic carbocycles. The number of hydrogen-bond donors (Lipinski definition) is 2. The number of nitrogens with zero attached hydrogens (tertiary/aromatic N) is 2. The van der Waals surface area contributed by atoms with Crippen LogP contribution in [0.15, 0.2) is 10.6 Å². The first-order valence-corrected chi connectivity index (χ1v) is 9.72. The smallest absolute Gasteiger partial charge is 0.372 e. The van der Waals surface area contributed by atoms with Gasteiger partial charge in [0.2, 0.25) is 17.4 Å². The molecule has 1 spiro atoms. The Hall–Kier alpha value is -3.22. The number of anilines is 1. The first-order chi connectivity index (χ1) is 14.9. The summed E-state index contributed by atoms with van der Waals surface area (Å²) in [6, 6.07) is -1.01. The van der Waals surface area contributed by atoms with Crippen LogP contribution in [-0.2, 0) is 26.9 Å². The Morgan fingerprint density at radius 1 is 1.19 bits per heavy atom. The van der Waals surface area contributed by atoms with Gasteiger partial charge in [-0.3, -0.25) is 20.2 Å². The number of halogens is 4. The van der Waals surface area contributed by atoms with Gasteiger partial charge in [0.1, 0.15) is 0 Å². The third-order valence-electron chi connectivity index (χ3n) is 6.23. The molecule has 1 aromatic heterocycles. The van der Waals surface area contributed by atoms with Crippen molar-refractivity contribution in [3.05, 3.63) is 23.1 Å². The lowest BCUT2D eigenvalue weighted by Gasteiger charge is -2.55. The summed E-state index contributed by atoms with van der Waals surface area (Å²) < 4.78 is 66.1. The topological polar surface area (TPSA) is 114 Å². The van der Waals surface area contributed by atoms with Gasteiger partial charge in [-0.15, -0.1) is 0 Å². The number of aromatic nitrogens is 1. The van der Waals surface area contributed by atoms with Gasteiger partial charge in [0, 0.05) is 13.0 Å². The average Bonchev–Trinajstić information content (AvgIpc) is 3.10. The molecule has 2 fully saturated rings. The highest BCUT2D eigenvalue weighted by molar-refractivity contribution is 6.20. The lowest BCUT2D eigenvalue weighted by molar-refractivity contribution is -0.153. The van der Waals surface area contributed by atoms with Gasteiger partial charge in [0.25, 0.3) is 0 Å². The van der Waals surface area contributed by atoms with Crippen LogP contribution in [0.3, 0.4) is 0 Å². The summed E-state index contributed by atoms with van der Waals surface area (Å²) in [6.45, 7) is 3.34. The molecular weight excluding hydrogens is 440 g/mol. The van der Waals surface area contributed by atoms with Crippen molar-refractivity contribution >= 4 is 34.5 Å². The van der Waals surface area contributed by atoms with Crippen molar-refractivity contribution in [3.63, 3.8) is 0 Å². The molecule has 0 saturated carbocycles. The van der Waals surface area contributed by atoms with Crippen LogP contribution >= 0.6 is 0 Å². The average molecular weight is 456 g/mol. The number of carbonyl (C=O) groups excluding carboxylic acids is 3. The van der Waals surface area contributed by atoms with Crippen LogP contribution in [0.2, 0.25) is 0 Å². The molecular formula is C19H16F4N4O5. The van der Waals surface area contributed by atoms with Gasteiger partial charge < -0.3 is 14.2 Å². The number of fused-ring (bicyclic) bond motifs is 5. The number of hydrogen-bond acceptors (Lipinski definition) is 7. The maximum Gasteiger partial charge on any atom is 0.437 e. The van der Waals surface area contributed by atoms with E-state index in [2.05, 4.69) is 15.8 Å². The molecule has 4 amide bonds. The summed E-state index contributed by atoms with van der Waals surface area (Å²) in [5.74, 6) is -2.94. The number of amides is 4. The zero-order valence-corrected chi connectivity index (χ0v) is 16.7. The SMILES string of the molecule is C[C@@H]1CN2c3c(cc4c(C(F)(F)F)noc4c3F)CC3(C(=O)NC(=O)NC3=O)[C@H]2[C@H](C)O1. The summed E-state index contributed by atoms with van der Waals surface area (Å²) in [5, 5.41) is 6.47. The normalized spacial score (nSPS) is 27.2. The quantitative estimate of drug-likeness (QED) is 0.460. The maximum atomic E-state index is 15.6. The Bertz CT molecular complexity index is 1170. The number of benzene rings is 1. The lowest BCUT2D eigenvalue weighted by Crippen LogP contribution is -2.75. The molecule has 3 aliphatic rings. The van der Waals surface area contributed by atoms with Crippen molar-refractivity contribution < 1.29 is 41.2 Å². The van der Waals surface area contributed by atoms with Gasteiger partial charge in [-0.05, 0) is 25.5 Å². The highest BCUT2D eigenvalue weighted by Gasteiger charge is 2.63. The number of barbiturate groups is 1. The number of urea groups is 1. The third-order valence-corrected chi connectivity index (χ3v) is 6.23. The Kier molecular flexibility index (Phi) is 4.14. The van der Waals surface area contributed by atoms with E-state index in [1.165, 1.54) is 4.90 Å². The predicted molar refractivity (Wildman–Crippen MR) is 97.9 cm³/mol. The minimum Gasteiger partial charge on any atom is -0.372 e. The predicted octanol–water partition coefficient (Wildman–Crippen LogP) is 1.88. The number of carbonyl (C=O) groups is 3. The lowest BCUT2D eigenvalue weighted by atomic mass is 9.66. The first-order valence-electron chi connectivity index (χ1n) is 9.72. The van der Waals surface area contributed by atoms with E-state index in [4.69, 9.17) is 9.26 Å². The van der Waals surface area contributed by atoms with E-state index in [0.717, 1.165) is 6.07 Å². The van der Waals surface area contributed by atoms with E-state index < -0.39 is 76.6 Å². The van der Waals surface area contributed by atoms with Crippen molar-refractivity contribution in [1.29, 1.82) is 0 Å². The highest BCUT2D eigenvalue weighted by atomic mass is 19.4. The number of nitrogens with one attached hydrogen (secondary N) is 2. The zero-order chi connectivity index (χ0) is 23.2. The molecule has 0 unspecified atom stereocenters. The number of morpholine rings is 1. The fraction of sp³-hybridized carbons (Fsp3) is 0.474. The van der Waals surface area contributed by atoms with Crippen molar-refractivity contribution in [2.75, 3.05) is 11.4 Å². The van der Waals surface area contributed by atoms with E-state index in [1.807, 2.05) is 0 Å². The molecule has 2 N–H and O–H groups in total. The highest BCUT2D eigenvalue weighted by Crippen LogP contribution is 2.50. The molecule has 2 aromatic rings. The minimum atomic E-state index is -4.91. The monoisotopic (exact) mass is 456 g/mol. The first kappa shape index (κ1) is 20.7. The van der Waals surface area contributed by atoms with Crippen molar-refractivity contribution in [3.8, 4) is 0 Å². The van der Waals surface area contributed by atoms with E-state index >= 15 is 4.39 Å². The van der Waals surface area contributed by atoms with Gasteiger partial charge in [0.15, 0.2) is 16.9 Å². The zero-order valence-electron chi connectivity index (χ0n) is 16.7. The molecule has 0 bridgehead atoms. The Labute approximate surface area is 177 Å². The second-order valence-electron chi connectivity index (χ2n) is 8.24. The van der Waals surface area contributed by atoms with Crippen LogP contribution < -0.4 is 15.5 Å². The molecule has 13 heteroatoms. The number of ether oxygens (including phenoxy) is 1. The molecule has 5 rings (SSSR count). The molecule has 0 radical (unpaired) electrons. The van der Waals surface area contributed by atoms with Crippen molar-refractivity contribution in [2.24, 2.45) is 5.41 Å². The summed E-state index contributed by atoms with van der Waals surface area (Å²) in [6.07, 6.45) is -6.57. The van der Waals surface area contributed by atoms with Crippen LogP contribution in [0.4, 0.5) is 28.0 Å². The summed E-state index contributed by atoms with van der Waals surface area (Å²) in [7, 11) is 0. The Balaban J connectivity index is 1.79. The summed E-state index contributed by atoms with van der Waals surface area (Å²) >= 11 is 0. The van der Waals surface area contributed by atoms with Gasteiger partial charge in [-0.1, -0.05) is 5.16 Å². The van der Waals surface area contributed by atoms with Gasteiger partial charge in [-0.2, -0.15) is 13.2 Å². The molecule has 3 aliphatic heterocycles. The van der Waals surface area contributed by atoms with Crippen LogP contribution in [0.5, 0.6) is 0 Å². The van der Waals surface area contributed by atoms with Crippen LogP contribution in [0, 0.1) is 11.2 Å². The summed E-state index contributed by atoms with van der Waals surface area (Å²) in [4.78, 5) is 39.2. The fourth-order valence-electron chi connectivity index (χ4n) is 5.15. The Morgan fingerprint density at radius 3 is 2.47 bits per heavy atom. The second-order valence-corrected chi connectivity index (χ2v) is 8.24. The molecule has 32 heavy (non-hydrogen) atoms. The second kappa shape index (κ2) is 6.40. The van der Waals surface area contributed by atoms with Crippen LogP contribution in [0.25, 0.3) is 11.0 Å². The van der Waals surface area contributed by atoms with E-state index in [1.54, 1.807) is 13.8 Å². The van der Waals surface area contributed by atoms with Gasteiger partial charge >= 0.3 is 12.2 Å². The molecule has 4 heterocycles. The molecule has 170 valence electrons. The van der Waals surface area contributed by atoms with E-state index in [0.29, 0.717) is 0 Å². The third kappa shape index (κ3) is 2.60.